The Balaban J connectivity index is 1.81. The molecule has 30 heavy (non-hydrogen) atoms. The fourth-order valence-electron chi connectivity index (χ4n) is 2.66. The number of rotatable bonds is 6. The molecule has 1 N–H and O–H groups in total. The van der Waals surface area contributed by atoms with Gasteiger partial charge in [0, 0.05) is 22.8 Å². The average Bonchev–Trinajstić information content (AvgIpc) is 2.74. The maximum Gasteiger partial charge on any atom is 0.269 e. The first-order chi connectivity index (χ1) is 14.2. The SMILES string of the molecule is COc1ccc(Cl)cc1C(=O)Nc1ccc(S(=O)(=O)c2ccc([N+](=O)[O-])cc2)cc1. The van der Waals surface area contributed by atoms with Crippen molar-refractivity contribution < 1.29 is 22.9 Å². The minimum absolute atomic E-state index is 0.0188. The Morgan fingerprint density at radius 1 is 1.00 bits per heavy atom. The lowest BCUT2D eigenvalue weighted by Gasteiger charge is -2.10. The summed E-state index contributed by atoms with van der Waals surface area (Å²) in [6, 6.07) is 14.8. The number of nitrogens with zero attached hydrogens (tertiary/aromatic N) is 1. The highest BCUT2D eigenvalue weighted by molar-refractivity contribution is 7.91. The summed E-state index contributed by atoms with van der Waals surface area (Å²) in [5, 5.41) is 13.7. The Morgan fingerprint density at radius 2 is 1.57 bits per heavy atom. The van der Waals surface area contributed by atoms with Gasteiger partial charge in [0.2, 0.25) is 9.84 Å². The van der Waals surface area contributed by atoms with E-state index in [9.17, 15) is 23.3 Å². The van der Waals surface area contributed by atoms with Crippen LogP contribution in [0.2, 0.25) is 5.02 Å². The highest BCUT2D eigenvalue weighted by Gasteiger charge is 2.19. The topological polar surface area (TPSA) is 116 Å². The fraction of sp³-hybridized carbons (Fsp3) is 0.0500. The molecule has 0 bridgehead atoms. The molecule has 0 atom stereocenters. The molecule has 10 heteroatoms. The standard InChI is InChI=1S/C20H15ClN2O6S/c1-29-19-11-2-13(21)12-18(19)20(24)22-14-3-7-16(8-4-14)30(27,28)17-9-5-15(6-10-17)23(25)26/h2-12H,1H3,(H,22,24). The van der Waals surface area contributed by atoms with Gasteiger partial charge in [-0.05, 0) is 54.6 Å². The summed E-state index contributed by atoms with van der Waals surface area (Å²) in [5.41, 5.74) is 0.390. The molecule has 1 amide bonds. The molecule has 0 aliphatic heterocycles. The van der Waals surface area contributed by atoms with Gasteiger partial charge in [0.05, 0.1) is 27.4 Å². The lowest BCUT2D eigenvalue weighted by molar-refractivity contribution is -0.384. The first-order valence-corrected chi connectivity index (χ1v) is 10.3. The van der Waals surface area contributed by atoms with Crippen LogP contribution in [0.1, 0.15) is 10.4 Å². The summed E-state index contributed by atoms with van der Waals surface area (Å²) in [6.45, 7) is 0. The molecule has 0 aromatic heterocycles. The van der Waals surface area contributed by atoms with E-state index in [1.165, 1.54) is 49.6 Å². The molecule has 0 aliphatic rings. The molecule has 0 unspecified atom stereocenters. The van der Waals surface area contributed by atoms with Crippen LogP contribution in [0.4, 0.5) is 11.4 Å². The highest BCUT2D eigenvalue weighted by Crippen LogP contribution is 2.26. The summed E-state index contributed by atoms with van der Waals surface area (Å²) in [6.07, 6.45) is 0. The van der Waals surface area contributed by atoms with Gasteiger partial charge < -0.3 is 10.1 Å². The third-order valence-corrected chi connectivity index (χ3v) is 6.21. The van der Waals surface area contributed by atoms with Crippen LogP contribution in [0.3, 0.4) is 0 Å². The van der Waals surface area contributed by atoms with Crippen molar-refractivity contribution in [2.24, 2.45) is 0 Å². The zero-order chi connectivity index (χ0) is 21.9. The number of sulfone groups is 1. The van der Waals surface area contributed by atoms with Crippen molar-refractivity contribution in [3.63, 3.8) is 0 Å². The second-order valence-corrected chi connectivity index (χ2v) is 8.46. The van der Waals surface area contributed by atoms with Crippen molar-refractivity contribution in [2.75, 3.05) is 12.4 Å². The maximum absolute atomic E-state index is 12.7. The van der Waals surface area contributed by atoms with Crippen molar-refractivity contribution in [2.45, 2.75) is 9.79 Å². The number of nitro benzene ring substituents is 1. The quantitative estimate of drug-likeness (QED) is 0.444. The zero-order valence-electron chi connectivity index (χ0n) is 15.5. The number of nitro groups is 1. The summed E-state index contributed by atoms with van der Waals surface area (Å²) >= 11 is 5.94. The Labute approximate surface area is 177 Å². The molecule has 0 spiro atoms. The summed E-state index contributed by atoms with van der Waals surface area (Å²) < 4.78 is 30.6. The lowest BCUT2D eigenvalue weighted by Crippen LogP contribution is -2.13. The summed E-state index contributed by atoms with van der Waals surface area (Å²) in [5.74, 6) is -0.130. The molecule has 0 aliphatic carbocycles. The van der Waals surface area contributed by atoms with Crippen molar-refractivity contribution in [1.82, 2.24) is 0 Å². The second kappa shape index (κ2) is 8.52. The Hall–Kier alpha value is -3.43. The predicted octanol–water partition coefficient (Wildman–Crippen LogP) is 4.34. The molecule has 3 rings (SSSR count). The van der Waals surface area contributed by atoms with Crippen molar-refractivity contribution >= 4 is 38.7 Å². The van der Waals surface area contributed by atoms with Gasteiger partial charge in [-0.25, -0.2) is 8.42 Å². The van der Waals surface area contributed by atoms with E-state index >= 15 is 0 Å². The molecule has 0 saturated heterocycles. The third kappa shape index (κ3) is 4.42. The van der Waals surface area contributed by atoms with E-state index in [0.29, 0.717) is 16.5 Å². The number of non-ortho nitro benzene ring substituents is 1. The van der Waals surface area contributed by atoms with E-state index in [1.54, 1.807) is 12.1 Å². The summed E-state index contributed by atoms with van der Waals surface area (Å²) in [7, 11) is -2.44. The van der Waals surface area contributed by atoms with Crippen LogP contribution < -0.4 is 10.1 Å². The van der Waals surface area contributed by atoms with Crippen molar-refractivity contribution in [3.8, 4) is 5.75 Å². The second-order valence-electron chi connectivity index (χ2n) is 6.08. The number of anilines is 1. The van der Waals surface area contributed by atoms with E-state index in [0.717, 1.165) is 12.1 Å². The Morgan fingerprint density at radius 3 is 2.10 bits per heavy atom. The first kappa shape index (κ1) is 21.3. The number of hydrogen-bond donors (Lipinski definition) is 1. The van der Waals surface area contributed by atoms with Crippen molar-refractivity contribution in [3.05, 3.63) is 87.4 Å². The van der Waals surface area contributed by atoms with Crippen molar-refractivity contribution in [1.29, 1.82) is 0 Å². The Kier molecular flexibility index (Phi) is 6.04. The van der Waals surface area contributed by atoms with Gasteiger partial charge in [-0.3, -0.25) is 14.9 Å². The Bertz CT molecular complexity index is 1210. The van der Waals surface area contributed by atoms with Gasteiger partial charge in [0.15, 0.2) is 0 Å². The monoisotopic (exact) mass is 446 g/mol. The number of amides is 1. The smallest absolute Gasteiger partial charge is 0.269 e. The van der Waals surface area contributed by atoms with E-state index in [4.69, 9.17) is 16.3 Å². The fourth-order valence-corrected chi connectivity index (χ4v) is 4.09. The van der Waals surface area contributed by atoms with Gasteiger partial charge in [-0.15, -0.1) is 0 Å². The molecule has 0 saturated carbocycles. The van der Waals surface area contributed by atoms with E-state index in [-0.39, 0.29) is 21.0 Å². The normalized spacial score (nSPS) is 11.0. The highest BCUT2D eigenvalue weighted by atomic mass is 35.5. The van der Waals surface area contributed by atoms with Gasteiger partial charge in [0.25, 0.3) is 11.6 Å². The third-order valence-electron chi connectivity index (χ3n) is 4.19. The molecule has 0 radical (unpaired) electrons. The van der Waals surface area contributed by atoms with Crippen LogP contribution in [-0.4, -0.2) is 26.4 Å². The number of ether oxygens (including phenoxy) is 1. The first-order valence-electron chi connectivity index (χ1n) is 8.47. The van der Waals surface area contributed by atoms with Crippen LogP contribution in [0, 0.1) is 10.1 Å². The predicted molar refractivity (Wildman–Crippen MR) is 111 cm³/mol. The van der Waals surface area contributed by atoms with Crippen LogP contribution in [-0.2, 0) is 9.84 Å². The number of halogens is 1. The molecule has 0 fully saturated rings. The molecule has 154 valence electrons. The maximum atomic E-state index is 12.7. The number of nitrogens with one attached hydrogen (secondary N) is 1. The molecular weight excluding hydrogens is 432 g/mol. The van der Waals surface area contributed by atoms with Gasteiger partial charge in [0.1, 0.15) is 5.75 Å². The van der Waals surface area contributed by atoms with Gasteiger partial charge in [-0.1, -0.05) is 11.6 Å². The van der Waals surface area contributed by atoms with E-state index in [2.05, 4.69) is 5.32 Å². The number of benzene rings is 3. The van der Waals surface area contributed by atoms with Gasteiger partial charge >= 0.3 is 0 Å². The zero-order valence-corrected chi connectivity index (χ0v) is 17.1. The van der Waals surface area contributed by atoms with Gasteiger partial charge in [-0.2, -0.15) is 0 Å². The number of hydrogen-bond acceptors (Lipinski definition) is 6. The molecule has 0 heterocycles. The summed E-state index contributed by atoms with van der Waals surface area (Å²) in [4.78, 5) is 22.5. The minimum Gasteiger partial charge on any atom is -0.496 e. The lowest BCUT2D eigenvalue weighted by atomic mass is 10.2. The molecule has 3 aromatic carbocycles. The molecular formula is C20H15ClN2O6S. The average molecular weight is 447 g/mol. The molecule has 3 aromatic rings. The number of carbonyl (C=O) groups excluding carboxylic acids is 1. The largest absolute Gasteiger partial charge is 0.496 e. The van der Waals surface area contributed by atoms with Crippen LogP contribution in [0.5, 0.6) is 5.75 Å². The minimum atomic E-state index is -3.87. The van der Waals surface area contributed by atoms with Crippen LogP contribution >= 0.6 is 11.6 Å². The van der Waals surface area contributed by atoms with E-state index in [1.807, 2.05) is 0 Å². The van der Waals surface area contributed by atoms with E-state index < -0.39 is 20.7 Å². The molecule has 8 nitrogen and oxygen atoms in total. The van der Waals surface area contributed by atoms with Crippen LogP contribution in [0.25, 0.3) is 0 Å². The van der Waals surface area contributed by atoms with Crippen LogP contribution in [0.15, 0.2) is 76.5 Å². The number of carbonyl (C=O) groups is 1. The number of methoxy groups -OCH3 is 1.